The summed E-state index contributed by atoms with van der Waals surface area (Å²) in [5.41, 5.74) is 8.29. The van der Waals surface area contributed by atoms with Crippen molar-refractivity contribution in [1.29, 1.82) is 0 Å². The number of benzene rings is 1. The van der Waals surface area contributed by atoms with Gasteiger partial charge < -0.3 is 10.6 Å². The summed E-state index contributed by atoms with van der Waals surface area (Å²) in [6, 6.07) is 7.82. The molecule has 18 heavy (non-hydrogen) atoms. The van der Waals surface area contributed by atoms with E-state index in [-0.39, 0.29) is 11.8 Å². The lowest BCUT2D eigenvalue weighted by Crippen LogP contribution is -2.46. The van der Waals surface area contributed by atoms with E-state index in [1.165, 1.54) is 5.56 Å². The van der Waals surface area contributed by atoms with E-state index in [1.807, 2.05) is 37.8 Å². The molecule has 0 aliphatic carbocycles. The first-order chi connectivity index (χ1) is 8.45. The Kier molecular flexibility index (Phi) is 5.35. The second-order valence-electron chi connectivity index (χ2n) is 5.11. The topological polar surface area (TPSA) is 46.3 Å². The third-order valence-electron chi connectivity index (χ3n) is 3.15. The van der Waals surface area contributed by atoms with Gasteiger partial charge in [-0.15, -0.1) is 0 Å². The summed E-state index contributed by atoms with van der Waals surface area (Å²) in [6.45, 7) is 9.32. The minimum absolute atomic E-state index is 0.0361. The van der Waals surface area contributed by atoms with Gasteiger partial charge >= 0.3 is 0 Å². The largest absolute Gasteiger partial charge is 0.337 e. The first-order valence-corrected chi connectivity index (χ1v) is 6.55. The molecule has 3 heteroatoms. The molecule has 0 heterocycles. The van der Waals surface area contributed by atoms with E-state index < -0.39 is 6.04 Å². The van der Waals surface area contributed by atoms with Crippen LogP contribution in [0.4, 0.5) is 0 Å². The summed E-state index contributed by atoms with van der Waals surface area (Å²) >= 11 is 0. The van der Waals surface area contributed by atoms with Crippen LogP contribution in [0.2, 0.25) is 0 Å². The molecule has 0 unspecified atom stereocenters. The summed E-state index contributed by atoms with van der Waals surface area (Å²) in [5.74, 6) is 0.207. The standard InChI is InChI=1S/C15H24N2O/c1-5-17(15(18)14(16)11(2)3)10-13-8-6-7-12(4)9-13/h6-9,11,14H,5,10,16H2,1-4H3/t14-/m1/s1. The van der Waals surface area contributed by atoms with Crippen molar-refractivity contribution in [2.24, 2.45) is 11.7 Å². The van der Waals surface area contributed by atoms with Crippen LogP contribution in [-0.2, 0) is 11.3 Å². The van der Waals surface area contributed by atoms with Crippen LogP contribution in [0.15, 0.2) is 24.3 Å². The van der Waals surface area contributed by atoms with Gasteiger partial charge in [0.1, 0.15) is 0 Å². The summed E-state index contributed by atoms with van der Waals surface area (Å²) in [6.07, 6.45) is 0. The van der Waals surface area contributed by atoms with Gasteiger partial charge in [0.05, 0.1) is 6.04 Å². The molecule has 1 aromatic carbocycles. The molecule has 0 fully saturated rings. The van der Waals surface area contributed by atoms with Crippen LogP contribution in [0.25, 0.3) is 0 Å². The SMILES string of the molecule is CCN(Cc1cccc(C)c1)C(=O)[C@H](N)C(C)C. The minimum Gasteiger partial charge on any atom is -0.337 e. The van der Waals surface area contributed by atoms with Gasteiger partial charge in [-0.2, -0.15) is 0 Å². The zero-order valence-electron chi connectivity index (χ0n) is 11.8. The van der Waals surface area contributed by atoms with Crippen molar-refractivity contribution in [2.45, 2.75) is 40.3 Å². The number of nitrogens with two attached hydrogens (primary N) is 1. The first-order valence-electron chi connectivity index (χ1n) is 6.55. The van der Waals surface area contributed by atoms with E-state index in [2.05, 4.69) is 19.1 Å². The molecule has 0 aliphatic rings. The van der Waals surface area contributed by atoms with Crippen molar-refractivity contribution in [3.05, 3.63) is 35.4 Å². The van der Waals surface area contributed by atoms with Crippen molar-refractivity contribution in [3.63, 3.8) is 0 Å². The Bertz CT molecular complexity index is 401. The van der Waals surface area contributed by atoms with Gasteiger partial charge in [0, 0.05) is 13.1 Å². The average molecular weight is 248 g/mol. The van der Waals surface area contributed by atoms with Crippen LogP contribution in [0.3, 0.4) is 0 Å². The monoisotopic (exact) mass is 248 g/mol. The normalized spacial score (nSPS) is 12.6. The Balaban J connectivity index is 2.76. The molecule has 1 rings (SSSR count). The third kappa shape index (κ3) is 3.84. The van der Waals surface area contributed by atoms with Crippen molar-refractivity contribution in [3.8, 4) is 0 Å². The molecule has 0 aliphatic heterocycles. The Morgan fingerprint density at radius 2 is 2.06 bits per heavy atom. The summed E-state index contributed by atoms with van der Waals surface area (Å²) < 4.78 is 0. The highest BCUT2D eigenvalue weighted by molar-refractivity contribution is 5.81. The maximum atomic E-state index is 12.2. The van der Waals surface area contributed by atoms with E-state index in [4.69, 9.17) is 5.73 Å². The Hall–Kier alpha value is -1.35. The average Bonchev–Trinajstić information content (AvgIpc) is 2.34. The number of hydrogen-bond acceptors (Lipinski definition) is 2. The lowest BCUT2D eigenvalue weighted by molar-refractivity contribution is -0.134. The maximum absolute atomic E-state index is 12.2. The first kappa shape index (κ1) is 14.7. The number of carbonyl (C=O) groups excluding carboxylic acids is 1. The molecule has 1 amide bonds. The quantitative estimate of drug-likeness (QED) is 0.869. The van der Waals surface area contributed by atoms with Crippen LogP contribution in [-0.4, -0.2) is 23.4 Å². The van der Waals surface area contributed by atoms with E-state index in [0.29, 0.717) is 13.1 Å². The molecule has 0 saturated heterocycles. The number of likely N-dealkylation sites (N-methyl/N-ethyl adjacent to an activating group) is 1. The highest BCUT2D eigenvalue weighted by Gasteiger charge is 2.22. The van der Waals surface area contributed by atoms with Crippen LogP contribution in [0, 0.1) is 12.8 Å². The molecule has 100 valence electrons. The summed E-state index contributed by atoms with van der Waals surface area (Å²) in [7, 11) is 0. The number of carbonyl (C=O) groups is 1. The number of nitrogens with zero attached hydrogens (tertiary/aromatic N) is 1. The highest BCUT2D eigenvalue weighted by Crippen LogP contribution is 2.10. The van der Waals surface area contributed by atoms with Crippen LogP contribution >= 0.6 is 0 Å². The van der Waals surface area contributed by atoms with Crippen molar-refractivity contribution < 1.29 is 4.79 Å². The Labute approximate surface area is 110 Å². The fourth-order valence-corrected chi connectivity index (χ4v) is 1.87. The van der Waals surface area contributed by atoms with Gasteiger partial charge in [0.25, 0.3) is 0 Å². The molecule has 0 saturated carbocycles. The molecule has 1 atom stereocenters. The predicted molar refractivity (Wildman–Crippen MR) is 75.1 cm³/mol. The lowest BCUT2D eigenvalue weighted by Gasteiger charge is -2.26. The van der Waals surface area contributed by atoms with Gasteiger partial charge in [0.15, 0.2) is 0 Å². The van der Waals surface area contributed by atoms with Crippen LogP contribution in [0.1, 0.15) is 31.9 Å². The zero-order chi connectivity index (χ0) is 13.7. The van der Waals surface area contributed by atoms with Gasteiger partial charge in [-0.1, -0.05) is 43.7 Å². The Morgan fingerprint density at radius 1 is 1.39 bits per heavy atom. The molecular formula is C15H24N2O. The Morgan fingerprint density at radius 3 is 2.56 bits per heavy atom. The molecule has 0 bridgehead atoms. The summed E-state index contributed by atoms with van der Waals surface area (Å²) in [4.78, 5) is 14.0. The molecular weight excluding hydrogens is 224 g/mol. The number of hydrogen-bond donors (Lipinski definition) is 1. The smallest absolute Gasteiger partial charge is 0.240 e. The van der Waals surface area contributed by atoms with Gasteiger partial charge in [-0.25, -0.2) is 0 Å². The highest BCUT2D eigenvalue weighted by atomic mass is 16.2. The van der Waals surface area contributed by atoms with Gasteiger partial charge in [-0.3, -0.25) is 4.79 Å². The van der Waals surface area contributed by atoms with E-state index >= 15 is 0 Å². The van der Waals surface area contributed by atoms with Gasteiger partial charge in [-0.05, 0) is 25.3 Å². The number of aryl methyl sites for hydroxylation is 1. The third-order valence-corrected chi connectivity index (χ3v) is 3.15. The lowest BCUT2D eigenvalue weighted by atomic mass is 10.0. The fourth-order valence-electron chi connectivity index (χ4n) is 1.87. The zero-order valence-corrected chi connectivity index (χ0v) is 11.8. The summed E-state index contributed by atoms with van der Waals surface area (Å²) in [5, 5.41) is 0. The van der Waals surface area contributed by atoms with E-state index in [0.717, 1.165) is 5.56 Å². The minimum atomic E-state index is -0.408. The molecule has 0 radical (unpaired) electrons. The van der Waals surface area contributed by atoms with E-state index in [1.54, 1.807) is 0 Å². The maximum Gasteiger partial charge on any atom is 0.240 e. The predicted octanol–water partition coefficient (Wildman–Crippen LogP) is 2.33. The molecule has 0 aromatic heterocycles. The van der Waals surface area contributed by atoms with Crippen molar-refractivity contribution in [2.75, 3.05) is 6.54 Å². The van der Waals surface area contributed by atoms with Crippen LogP contribution in [0.5, 0.6) is 0 Å². The number of amides is 1. The second-order valence-corrected chi connectivity index (χ2v) is 5.11. The fraction of sp³-hybridized carbons (Fsp3) is 0.533. The van der Waals surface area contributed by atoms with Crippen LogP contribution < -0.4 is 5.73 Å². The molecule has 0 spiro atoms. The number of rotatable bonds is 5. The second kappa shape index (κ2) is 6.55. The van der Waals surface area contributed by atoms with Crippen molar-refractivity contribution in [1.82, 2.24) is 4.90 Å². The molecule has 1 aromatic rings. The van der Waals surface area contributed by atoms with E-state index in [9.17, 15) is 4.79 Å². The molecule has 2 N–H and O–H groups in total. The van der Waals surface area contributed by atoms with Crippen molar-refractivity contribution >= 4 is 5.91 Å². The molecule has 3 nitrogen and oxygen atoms in total. The van der Waals surface area contributed by atoms with Gasteiger partial charge in [0.2, 0.25) is 5.91 Å².